The number of piperidine rings is 1. The highest BCUT2D eigenvalue weighted by atomic mass is 35.5. The van der Waals surface area contributed by atoms with Gasteiger partial charge >= 0.3 is 0 Å². The molecule has 2 unspecified atom stereocenters. The van der Waals surface area contributed by atoms with Crippen molar-refractivity contribution in [1.82, 2.24) is 19.6 Å². The molecule has 0 radical (unpaired) electrons. The summed E-state index contributed by atoms with van der Waals surface area (Å²) in [6.07, 6.45) is 7.61. The molecule has 0 aliphatic carbocycles. The number of rotatable bonds is 5. The summed E-state index contributed by atoms with van der Waals surface area (Å²) in [6, 6.07) is 0.130. The Labute approximate surface area is 153 Å². The van der Waals surface area contributed by atoms with Gasteiger partial charge in [0.05, 0.1) is 17.1 Å². The van der Waals surface area contributed by atoms with E-state index in [1.165, 1.54) is 5.57 Å². The monoisotopic (exact) mass is 364 g/mol. The average molecular weight is 365 g/mol. The molecule has 0 spiro atoms. The fourth-order valence-corrected chi connectivity index (χ4v) is 3.75. The number of hydrogen-bond donors (Lipinski definition) is 0. The van der Waals surface area contributed by atoms with Gasteiger partial charge in [-0.15, -0.1) is 0 Å². The first-order valence-corrected chi connectivity index (χ1v) is 9.21. The van der Waals surface area contributed by atoms with Crippen LogP contribution in [0.4, 0.5) is 0 Å². The van der Waals surface area contributed by atoms with Gasteiger partial charge in [-0.05, 0) is 26.7 Å². The van der Waals surface area contributed by atoms with Gasteiger partial charge in [-0.2, -0.15) is 5.10 Å². The molecule has 1 aromatic rings. The van der Waals surface area contributed by atoms with Crippen molar-refractivity contribution in [2.24, 2.45) is 5.92 Å². The SMILES string of the molecule is CC(C)=CCN1C(=O)C2CCC1CN(C(=O)CCn1cc(Cl)cn1)C2. The fourth-order valence-electron chi connectivity index (χ4n) is 3.59. The van der Waals surface area contributed by atoms with Gasteiger partial charge in [-0.3, -0.25) is 14.3 Å². The fraction of sp³-hybridized carbons (Fsp3) is 0.611. The van der Waals surface area contributed by atoms with Crippen molar-refractivity contribution in [3.8, 4) is 0 Å². The van der Waals surface area contributed by atoms with Crippen LogP contribution in [0.15, 0.2) is 24.0 Å². The summed E-state index contributed by atoms with van der Waals surface area (Å²) in [7, 11) is 0. The Morgan fingerprint density at radius 2 is 2.16 bits per heavy atom. The van der Waals surface area contributed by atoms with Crippen LogP contribution in [-0.4, -0.2) is 57.1 Å². The van der Waals surface area contributed by atoms with Crippen LogP contribution in [0.25, 0.3) is 0 Å². The minimum absolute atomic E-state index is 0.0626. The zero-order valence-electron chi connectivity index (χ0n) is 14.8. The highest BCUT2D eigenvalue weighted by Crippen LogP contribution is 2.29. The third kappa shape index (κ3) is 4.24. The molecular weight excluding hydrogens is 340 g/mol. The van der Waals surface area contributed by atoms with Crippen LogP contribution in [0.1, 0.15) is 33.1 Å². The lowest BCUT2D eigenvalue weighted by molar-refractivity contribution is -0.139. The lowest BCUT2D eigenvalue weighted by Gasteiger charge is -2.35. The van der Waals surface area contributed by atoms with E-state index in [0.29, 0.717) is 37.6 Å². The number of aromatic nitrogens is 2. The molecule has 0 aromatic carbocycles. The Hall–Kier alpha value is -1.82. The van der Waals surface area contributed by atoms with Crippen LogP contribution in [0.5, 0.6) is 0 Å². The highest BCUT2D eigenvalue weighted by molar-refractivity contribution is 6.30. The molecule has 3 fully saturated rings. The van der Waals surface area contributed by atoms with E-state index in [0.717, 1.165) is 12.8 Å². The van der Waals surface area contributed by atoms with Crippen LogP contribution < -0.4 is 0 Å². The molecule has 2 atom stereocenters. The van der Waals surface area contributed by atoms with Gasteiger partial charge in [0, 0.05) is 44.8 Å². The van der Waals surface area contributed by atoms with E-state index in [-0.39, 0.29) is 23.8 Å². The van der Waals surface area contributed by atoms with Crippen LogP contribution in [-0.2, 0) is 16.1 Å². The zero-order chi connectivity index (χ0) is 18.0. The largest absolute Gasteiger partial charge is 0.340 e. The summed E-state index contributed by atoms with van der Waals surface area (Å²) >= 11 is 5.85. The number of hydrogen-bond acceptors (Lipinski definition) is 3. The molecule has 2 bridgehead atoms. The maximum absolute atomic E-state index is 12.7. The first-order chi connectivity index (χ1) is 11.9. The summed E-state index contributed by atoms with van der Waals surface area (Å²) in [5.41, 5.74) is 1.21. The Morgan fingerprint density at radius 3 is 2.84 bits per heavy atom. The predicted octanol–water partition coefficient (Wildman–Crippen LogP) is 2.34. The quantitative estimate of drug-likeness (QED) is 0.753. The summed E-state index contributed by atoms with van der Waals surface area (Å²) < 4.78 is 1.68. The molecule has 3 aliphatic heterocycles. The van der Waals surface area contributed by atoms with Crippen LogP contribution in [0.3, 0.4) is 0 Å². The van der Waals surface area contributed by atoms with E-state index in [2.05, 4.69) is 11.2 Å². The van der Waals surface area contributed by atoms with E-state index >= 15 is 0 Å². The van der Waals surface area contributed by atoms with Crippen molar-refractivity contribution in [2.45, 2.75) is 45.7 Å². The molecule has 136 valence electrons. The Morgan fingerprint density at radius 1 is 1.36 bits per heavy atom. The zero-order valence-corrected chi connectivity index (χ0v) is 15.6. The van der Waals surface area contributed by atoms with E-state index in [1.54, 1.807) is 17.1 Å². The van der Waals surface area contributed by atoms with Gasteiger partial charge in [-0.1, -0.05) is 23.3 Å². The van der Waals surface area contributed by atoms with Crippen LogP contribution >= 0.6 is 11.6 Å². The summed E-state index contributed by atoms with van der Waals surface area (Å²) in [5, 5.41) is 4.67. The number of amides is 2. The third-order valence-corrected chi connectivity index (χ3v) is 5.19. The number of nitrogens with zero attached hydrogens (tertiary/aromatic N) is 4. The molecule has 0 N–H and O–H groups in total. The second kappa shape index (κ2) is 7.60. The lowest BCUT2D eigenvalue weighted by atomic mass is 9.94. The average Bonchev–Trinajstić information content (AvgIpc) is 2.80. The maximum Gasteiger partial charge on any atom is 0.228 e. The third-order valence-electron chi connectivity index (χ3n) is 5.00. The molecule has 1 aromatic heterocycles. The minimum atomic E-state index is -0.0626. The Balaban J connectivity index is 1.63. The van der Waals surface area contributed by atoms with Crippen molar-refractivity contribution in [2.75, 3.05) is 19.6 Å². The number of allylic oxidation sites excluding steroid dienone is 1. The Kier molecular flexibility index (Phi) is 5.47. The second-order valence-electron chi connectivity index (χ2n) is 7.17. The van der Waals surface area contributed by atoms with Gasteiger partial charge in [0.25, 0.3) is 0 Å². The number of fused-ring (bicyclic) bond motifs is 4. The van der Waals surface area contributed by atoms with E-state index in [4.69, 9.17) is 11.6 Å². The smallest absolute Gasteiger partial charge is 0.228 e. The first-order valence-electron chi connectivity index (χ1n) is 8.83. The number of aryl methyl sites for hydroxylation is 1. The second-order valence-corrected chi connectivity index (χ2v) is 7.61. The molecule has 25 heavy (non-hydrogen) atoms. The summed E-state index contributed by atoms with van der Waals surface area (Å²) in [4.78, 5) is 29.2. The number of halogens is 1. The molecule has 0 saturated carbocycles. The normalized spacial score (nSPS) is 22.9. The molecule has 2 amide bonds. The Bertz CT molecular complexity index is 680. The van der Waals surface area contributed by atoms with Gasteiger partial charge in [0.2, 0.25) is 11.8 Å². The van der Waals surface area contributed by atoms with Gasteiger partial charge in [0.15, 0.2) is 0 Å². The van der Waals surface area contributed by atoms with Crippen molar-refractivity contribution in [3.05, 3.63) is 29.1 Å². The lowest BCUT2D eigenvalue weighted by Crippen LogP contribution is -2.48. The molecule has 3 aliphatic rings. The molecule has 6 nitrogen and oxygen atoms in total. The molecule has 4 heterocycles. The summed E-state index contributed by atoms with van der Waals surface area (Å²) in [5.74, 6) is 0.218. The van der Waals surface area contributed by atoms with Crippen molar-refractivity contribution < 1.29 is 9.59 Å². The molecular formula is C18H25ClN4O2. The van der Waals surface area contributed by atoms with Gasteiger partial charge in [0.1, 0.15) is 0 Å². The molecule has 3 saturated heterocycles. The minimum Gasteiger partial charge on any atom is -0.340 e. The van der Waals surface area contributed by atoms with Crippen molar-refractivity contribution in [1.29, 1.82) is 0 Å². The topological polar surface area (TPSA) is 58.4 Å². The molecule has 4 rings (SSSR count). The standard InChI is InChI=1S/C18H25ClN4O2/c1-13(2)5-8-23-16-4-3-14(18(23)25)10-21(12-16)17(24)6-7-22-11-15(19)9-20-22/h5,9,11,14,16H,3-4,6-8,10,12H2,1-2H3. The maximum atomic E-state index is 12.7. The van der Waals surface area contributed by atoms with Gasteiger partial charge < -0.3 is 9.80 Å². The first kappa shape index (κ1) is 18.0. The van der Waals surface area contributed by atoms with Crippen LogP contribution in [0, 0.1) is 5.92 Å². The number of carbonyl (C=O) groups is 2. The van der Waals surface area contributed by atoms with Crippen molar-refractivity contribution in [3.63, 3.8) is 0 Å². The number of carbonyl (C=O) groups excluding carboxylic acids is 2. The predicted molar refractivity (Wildman–Crippen MR) is 96.1 cm³/mol. The molecule has 7 heteroatoms. The van der Waals surface area contributed by atoms with Gasteiger partial charge in [-0.25, -0.2) is 0 Å². The van der Waals surface area contributed by atoms with Crippen LogP contribution in [0.2, 0.25) is 5.02 Å². The van der Waals surface area contributed by atoms with E-state index < -0.39 is 0 Å². The van der Waals surface area contributed by atoms with E-state index in [9.17, 15) is 9.59 Å². The highest BCUT2D eigenvalue weighted by Gasteiger charge is 2.41. The van der Waals surface area contributed by atoms with Crippen molar-refractivity contribution >= 4 is 23.4 Å². The summed E-state index contributed by atoms with van der Waals surface area (Å²) in [6.45, 7) is 6.41. The van der Waals surface area contributed by atoms with E-state index in [1.807, 2.05) is 23.6 Å².